The Morgan fingerprint density at radius 3 is 2.32 bits per heavy atom. The summed E-state index contributed by atoms with van der Waals surface area (Å²) < 4.78 is 1.71. The fourth-order valence-electron chi connectivity index (χ4n) is 2.79. The van der Waals surface area contributed by atoms with E-state index in [-0.39, 0.29) is 17.2 Å². The van der Waals surface area contributed by atoms with Gasteiger partial charge in [-0.15, -0.1) is 11.3 Å². The van der Waals surface area contributed by atoms with Gasteiger partial charge in [-0.05, 0) is 0 Å². The van der Waals surface area contributed by atoms with E-state index in [1.165, 1.54) is 11.3 Å². The Hall–Kier alpha value is -2.22. The molecule has 0 radical (unpaired) electrons. The Bertz CT molecular complexity index is 781. The molecule has 0 aliphatic carbocycles. The minimum atomic E-state index is -0.389. The highest BCUT2D eigenvalue weighted by Gasteiger charge is 2.31. The topological polar surface area (TPSA) is 71.3 Å². The Kier molecular flexibility index (Phi) is 4.64. The zero-order valence-corrected chi connectivity index (χ0v) is 15.8. The highest BCUT2D eigenvalue weighted by atomic mass is 32.1. The highest BCUT2D eigenvalue weighted by Crippen LogP contribution is 2.24. The van der Waals surface area contributed by atoms with Gasteiger partial charge in [-0.25, -0.2) is 4.98 Å². The van der Waals surface area contributed by atoms with Crippen LogP contribution in [0.2, 0.25) is 0 Å². The molecule has 1 aliphatic heterocycles. The number of hydrogen-bond acceptors (Lipinski definition) is 5. The second kappa shape index (κ2) is 6.59. The molecule has 2 amide bonds. The summed E-state index contributed by atoms with van der Waals surface area (Å²) in [6.07, 6.45) is 3.62. The molecule has 0 N–H and O–H groups in total. The van der Waals surface area contributed by atoms with E-state index >= 15 is 0 Å². The van der Waals surface area contributed by atoms with Crippen molar-refractivity contribution in [2.45, 2.75) is 20.8 Å². The summed E-state index contributed by atoms with van der Waals surface area (Å²) in [5.41, 5.74) is 0.978. The predicted molar refractivity (Wildman–Crippen MR) is 96.3 cm³/mol. The number of carbonyl (C=O) groups excluding carboxylic acids is 2. The van der Waals surface area contributed by atoms with Crippen LogP contribution in [-0.2, 0) is 11.8 Å². The summed E-state index contributed by atoms with van der Waals surface area (Å²) in [4.78, 5) is 33.1. The van der Waals surface area contributed by atoms with Crippen molar-refractivity contribution in [3.8, 4) is 10.6 Å². The molecule has 1 fully saturated rings. The maximum atomic E-state index is 12.7. The first-order chi connectivity index (χ1) is 11.8. The monoisotopic (exact) mass is 361 g/mol. The van der Waals surface area contributed by atoms with Gasteiger partial charge in [0, 0.05) is 55.8 Å². The molecule has 134 valence electrons. The number of piperazine rings is 1. The Balaban J connectivity index is 1.63. The first kappa shape index (κ1) is 17.6. The van der Waals surface area contributed by atoms with Crippen molar-refractivity contribution < 1.29 is 9.59 Å². The Morgan fingerprint density at radius 2 is 1.76 bits per heavy atom. The molecule has 3 rings (SSSR count). The molecule has 0 saturated carbocycles. The molecule has 2 aromatic heterocycles. The number of aryl methyl sites for hydroxylation is 1. The molecule has 0 aromatic carbocycles. The van der Waals surface area contributed by atoms with Crippen molar-refractivity contribution in [2.75, 3.05) is 26.2 Å². The van der Waals surface area contributed by atoms with E-state index in [4.69, 9.17) is 0 Å². The van der Waals surface area contributed by atoms with Crippen molar-refractivity contribution in [3.05, 3.63) is 23.5 Å². The highest BCUT2D eigenvalue weighted by molar-refractivity contribution is 7.13. The molecule has 7 nitrogen and oxygen atoms in total. The summed E-state index contributed by atoms with van der Waals surface area (Å²) in [5.74, 6) is 0.0568. The lowest BCUT2D eigenvalue weighted by atomic mass is 9.94. The van der Waals surface area contributed by atoms with Crippen LogP contribution in [0.1, 0.15) is 31.3 Å². The van der Waals surface area contributed by atoms with Gasteiger partial charge in [0.1, 0.15) is 10.7 Å². The SMILES string of the molecule is Cn1cc(-c2nc(C(=O)N3CCN(C(=O)C(C)(C)C)CC3)cs2)cn1. The molecule has 0 bridgehead atoms. The summed E-state index contributed by atoms with van der Waals surface area (Å²) in [6.45, 7) is 7.98. The van der Waals surface area contributed by atoms with Crippen LogP contribution in [0.4, 0.5) is 0 Å². The first-order valence-electron chi connectivity index (χ1n) is 8.29. The van der Waals surface area contributed by atoms with Crippen LogP contribution >= 0.6 is 11.3 Å². The van der Waals surface area contributed by atoms with Crippen LogP contribution in [-0.4, -0.2) is 62.6 Å². The zero-order chi connectivity index (χ0) is 18.2. The molecule has 2 aromatic rings. The smallest absolute Gasteiger partial charge is 0.273 e. The normalized spacial score (nSPS) is 15.5. The van der Waals surface area contributed by atoms with Gasteiger partial charge in [-0.3, -0.25) is 14.3 Å². The van der Waals surface area contributed by atoms with Crippen LogP contribution in [0, 0.1) is 5.41 Å². The molecule has 0 unspecified atom stereocenters. The molecule has 0 spiro atoms. The first-order valence-corrected chi connectivity index (χ1v) is 9.17. The number of thiazole rings is 1. The van der Waals surface area contributed by atoms with Crippen molar-refractivity contribution in [1.29, 1.82) is 0 Å². The van der Waals surface area contributed by atoms with E-state index < -0.39 is 0 Å². The van der Waals surface area contributed by atoms with E-state index in [0.29, 0.717) is 31.9 Å². The fraction of sp³-hybridized carbons (Fsp3) is 0.529. The average Bonchev–Trinajstić information content (AvgIpc) is 3.21. The third-order valence-corrected chi connectivity index (χ3v) is 5.06. The Labute approximate surface area is 151 Å². The lowest BCUT2D eigenvalue weighted by Crippen LogP contribution is -2.53. The second-order valence-corrected chi connectivity index (χ2v) is 8.13. The molecule has 8 heteroatoms. The average molecular weight is 361 g/mol. The number of aromatic nitrogens is 3. The molecule has 3 heterocycles. The van der Waals surface area contributed by atoms with Gasteiger partial charge in [-0.2, -0.15) is 5.10 Å². The summed E-state index contributed by atoms with van der Waals surface area (Å²) in [5, 5.41) is 6.71. The zero-order valence-electron chi connectivity index (χ0n) is 15.0. The Morgan fingerprint density at radius 1 is 1.12 bits per heavy atom. The van der Waals surface area contributed by atoms with E-state index in [1.54, 1.807) is 21.2 Å². The lowest BCUT2D eigenvalue weighted by Gasteiger charge is -2.37. The molecule has 1 saturated heterocycles. The van der Waals surface area contributed by atoms with Gasteiger partial charge in [0.25, 0.3) is 5.91 Å². The van der Waals surface area contributed by atoms with Crippen molar-refractivity contribution in [2.24, 2.45) is 12.5 Å². The van der Waals surface area contributed by atoms with Crippen LogP contribution in [0.3, 0.4) is 0 Å². The van der Waals surface area contributed by atoms with Gasteiger partial charge in [0.2, 0.25) is 5.91 Å². The standard InChI is InChI=1S/C17H23N5O2S/c1-17(2,3)16(24)22-7-5-21(6-8-22)15(23)13-11-25-14(19-13)12-9-18-20(4)10-12/h9-11H,5-8H2,1-4H3. The molecular formula is C17H23N5O2S. The minimum absolute atomic E-state index is 0.0748. The summed E-state index contributed by atoms with van der Waals surface area (Å²) in [7, 11) is 1.85. The van der Waals surface area contributed by atoms with Crippen molar-refractivity contribution in [3.63, 3.8) is 0 Å². The van der Waals surface area contributed by atoms with E-state index in [0.717, 1.165) is 10.6 Å². The van der Waals surface area contributed by atoms with Gasteiger partial charge in [0.05, 0.1) is 6.20 Å². The van der Waals surface area contributed by atoms with Crippen LogP contribution < -0.4 is 0 Å². The van der Waals surface area contributed by atoms with Crippen molar-refractivity contribution >= 4 is 23.2 Å². The van der Waals surface area contributed by atoms with Gasteiger partial charge in [0.15, 0.2) is 0 Å². The third kappa shape index (κ3) is 3.73. The number of carbonyl (C=O) groups is 2. The second-order valence-electron chi connectivity index (χ2n) is 7.27. The quantitative estimate of drug-likeness (QED) is 0.819. The van der Waals surface area contributed by atoms with E-state index in [9.17, 15) is 9.59 Å². The predicted octanol–water partition coefficient (Wildman–Crippen LogP) is 1.87. The maximum absolute atomic E-state index is 12.7. The summed E-state index contributed by atoms with van der Waals surface area (Å²) in [6, 6.07) is 0. The lowest BCUT2D eigenvalue weighted by molar-refractivity contribution is -0.140. The van der Waals surface area contributed by atoms with Crippen LogP contribution in [0.25, 0.3) is 10.6 Å². The van der Waals surface area contributed by atoms with Crippen LogP contribution in [0.5, 0.6) is 0 Å². The van der Waals surface area contributed by atoms with E-state index in [2.05, 4.69) is 10.1 Å². The van der Waals surface area contributed by atoms with Gasteiger partial charge in [-0.1, -0.05) is 20.8 Å². The van der Waals surface area contributed by atoms with Gasteiger partial charge >= 0.3 is 0 Å². The summed E-state index contributed by atoms with van der Waals surface area (Å²) >= 11 is 1.44. The molecule has 1 aliphatic rings. The van der Waals surface area contributed by atoms with Crippen LogP contribution in [0.15, 0.2) is 17.8 Å². The number of hydrogen-bond donors (Lipinski definition) is 0. The molecular weight excluding hydrogens is 338 g/mol. The number of nitrogens with zero attached hydrogens (tertiary/aromatic N) is 5. The van der Waals surface area contributed by atoms with Gasteiger partial charge < -0.3 is 9.80 Å². The number of amides is 2. The molecule has 25 heavy (non-hydrogen) atoms. The largest absolute Gasteiger partial charge is 0.339 e. The maximum Gasteiger partial charge on any atom is 0.273 e. The van der Waals surface area contributed by atoms with Crippen molar-refractivity contribution in [1.82, 2.24) is 24.6 Å². The minimum Gasteiger partial charge on any atom is -0.339 e. The third-order valence-electron chi connectivity index (χ3n) is 4.17. The fourth-order valence-corrected chi connectivity index (χ4v) is 3.55. The number of rotatable bonds is 2. The molecule has 0 atom stereocenters. The van der Waals surface area contributed by atoms with E-state index in [1.807, 2.05) is 38.9 Å².